The van der Waals surface area contributed by atoms with Crippen LogP contribution in [0.4, 0.5) is 10.1 Å². The molecule has 0 aromatic heterocycles. The highest BCUT2D eigenvalue weighted by Crippen LogP contribution is 2.39. The van der Waals surface area contributed by atoms with Gasteiger partial charge >= 0.3 is 0 Å². The van der Waals surface area contributed by atoms with Crippen LogP contribution in [-0.2, 0) is 6.42 Å². The maximum Gasteiger partial charge on any atom is 0.251 e. The number of amides is 1. The Balaban J connectivity index is 1.40. The minimum absolute atomic E-state index is 0.0414. The zero-order valence-corrected chi connectivity index (χ0v) is 15.2. The van der Waals surface area contributed by atoms with Crippen molar-refractivity contribution in [2.75, 3.05) is 18.0 Å². The number of carbonyl (C=O) groups excluding carboxylic acids is 1. The van der Waals surface area contributed by atoms with Gasteiger partial charge in [0.25, 0.3) is 5.91 Å². The molecule has 0 bridgehead atoms. The van der Waals surface area contributed by atoms with Crippen molar-refractivity contribution in [3.63, 3.8) is 0 Å². The summed E-state index contributed by atoms with van der Waals surface area (Å²) in [5.74, 6) is 0.465. The molecule has 4 rings (SSSR count). The Labute approximate surface area is 154 Å². The van der Waals surface area contributed by atoms with Gasteiger partial charge in [-0.15, -0.1) is 0 Å². The van der Waals surface area contributed by atoms with Gasteiger partial charge in [-0.3, -0.25) is 4.79 Å². The quantitative estimate of drug-likeness (QED) is 0.876. The summed E-state index contributed by atoms with van der Waals surface area (Å²) in [5.41, 5.74) is 2.59. The second-order valence-electron chi connectivity index (χ2n) is 7.93. The Morgan fingerprint density at radius 2 is 2.00 bits per heavy atom. The van der Waals surface area contributed by atoms with Gasteiger partial charge in [-0.05, 0) is 73.6 Å². The predicted octanol–water partition coefficient (Wildman–Crippen LogP) is 4.18. The molecule has 1 N–H and O–H groups in total. The molecule has 4 heteroatoms. The molecular weight excluding hydrogens is 327 g/mol. The van der Waals surface area contributed by atoms with Crippen LogP contribution in [0.1, 0.15) is 42.1 Å². The zero-order chi connectivity index (χ0) is 18.1. The SMILES string of the molecule is CC1CCN(c2ccc(C(=O)NC3(Cc4cccc(F)c4)CC3)cc2)C1. The zero-order valence-electron chi connectivity index (χ0n) is 15.2. The molecule has 2 aromatic rings. The van der Waals surface area contributed by atoms with E-state index < -0.39 is 0 Å². The number of rotatable bonds is 5. The Kier molecular flexibility index (Phi) is 4.43. The van der Waals surface area contributed by atoms with Crippen LogP contribution in [0.5, 0.6) is 0 Å². The number of carbonyl (C=O) groups is 1. The lowest BCUT2D eigenvalue weighted by Crippen LogP contribution is -2.38. The topological polar surface area (TPSA) is 32.3 Å². The van der Waals surface area contributed by atoms with Crippen LogP contribution in [0.3, 0.4) is 0 Å². The number of hydrogen-bond donors (Lipinski definition) is 1. The fraction of sp³-hybridized carbons (Fsp3) is 0.409. The molecule has 26 heavy (non-hydrogen) atoms. The molecule has 1 aliphatic carbocycles. The summed E-state index contributed by atoms with van der Waals surface area (Å²) in [7, 11) is 0. The second kappa shape index (κ2) is 6.75. The van der Waals surface area contributed by atoms with Crippen molar-refractivity contribution in [1.82, 2.24) is 5.32 Å². The molecule has 2 fully saturated rings. The Hall–Kier alpha value is -2.36. The summed E-state index contributed by atoms with van der Waals surface area (Å²) >= 11 is 0. The highest BCUT2D eigenvalue weighted by molar-refractivity contribution is 5.95. The maximum atomic E-state index is 13.4. The van der Waals surface area contributed by atoms with Crippen molar-refractivity contribution >= 4 is 11.6 Å². The van der Waals surface area contributed by atoms with E-state index in [2.05, 4.69) is 17.1 Å². The highest BCUT2D eigenvalue weighted by atomic mass is 19.1. The van der Waals surface area contributed by atoms with Gasteiger partial charge in [-0.25, -0.2) is 4.39 Å². The van der Waals surface area contributed by atoms with E-state index in [1.54, 1.807) is 12.1 Å². The molecule has 2 aromatic carbocycles. The summed E-state index contributed by atoms with van der Waals surface area (Å²) in [5, 5.41) is 3.17. The van der Waals surface area contributed by atoms with Gasteiger partial charge in [-0.2, -0.15) is 0 Å². The Morgan fingerprint density at radius 1 is 1.23 bits per heavy atom. The largest absolute Gasteiger partial charge is 0.371 e. The summed E-state index contributed by atoms with van der Waals surface area (Å²) in [6, 6.07) is 14.5. The normalized spacial score (nSPS) is 20.8. The van der Waals surface area contributed by atoms with Gasteiger partial charge in [-0.1, -0.05) is 19.1 Å². The lowest BCUT2D eigenvalue weighted by atomic mass is 10.0. The summed E-state index contributed by atoms with van der Waals surface area (Å²) in [6.45, 7) is 4.45. The van der Waals surface area contributed by atoms with Gasteiger partial charge in [0.05, 0.1) is 0 Å². The first-order valence-corrected chi connectivity index (χ1v) is 9.45. The molecule has 1 atom stereocenters. The van der Waals surface area contributed by atoms with E-state index >= 15 is 0 Å². The van der Waals surface area contributed by atoms with Crippen molar-refractivity contribution in [1.29, 1.82) is 0 Å². The van der Waals surface area contributed by atoms with Crippen molar-refractivity contribution < 1.29 is 9.18 Å². The van der Waals surface area contributed by atoms with E-state index in [4.69, 9.17) is 0 Å². The first-order valence-electron chi connectivity index (χ1n) is 9.45. The fourth-order valence-electron chi connectivity index (χ4n) is 3.84. The van der Waals surface area contributed by atoms with Crippen molar-refractivity contribution in [3.05, 3.63) is 65.5 Å². The first kappa shape index (κ1) is 17.1. The number of nitrogens with zero attached hydrogens (tertiary/aromatic N) is 1. The lowest BCUT2D eigenvalue weighted by molar-refractivity contribution is 0.0931. The molecule has 3 nitrogen and oxygen atoms in total. The Morgan fingerprint density at radius 3 is 2.62 bits per heavy atom. The van der Waals surface area contributed by atoms with Crippen LogP contribution in [0, 0.1) is 11.7 Å². The average Bonchev–Trinajstić information content (AvgIpc) is 3.22. The van der Waals surface area contributed by atoms with E-state index in [1.165, 1.54) is 18.2 Å². The molecule has 0 spiro atoms. The van der Waals surface area contributed by atoms with E-state index in [-0.39, 0.29) is 17.3 Å². The van der Waals surface area contributed by atoms with Crippen LogP contribution >= 0.6 is 0 Å². The van der Waals surface area contributed by atoms with Crippen LogP contribution in [0.25, 0.3) is 0 Å². The van der Waals surface area contributed by atoms with Gasteiger partial charge < -0.3 is 10.2 Å². The first-order chi connectivity index (χ1) is 12.5. The number of benzene rings is 2. The number of hydrogen-bond acceptors (Lipinski definition) is 2. The van der Waals surface area contributed by atoms with E-state index in [1.807, 2.05) is 30.3 Å². The van der Waals surface area contributed by atoms with E-state index in [9.17, 15) is 9.18 Å². The minimum atomic E-state index is -0.226. The molecule has 136 valence electrons. The van der Waals surface area contributed by atoms with Crippen molar-refractivity contribution in [2.45, 2.75) is 38.1 Å². The van der Waals surface area contributed by atoms with Crippen molar-refractivity contribution in [2.24, 2.45) is 5.92 Å². The van der Waals surface area contributed by atoms with Gasteiger partial charge in [0.1, 0.15) is 5.82 Å². The smallest absolute Gasteiger partial charge is 0.251 e. The molecular formula is C22H25FN2O. The molecule has 2 aliphatic rings. The standard InChI is InChI=1S/C22H25FN2O/c1-16-9-12-25(15-16)20-7-5-18(6-8-20)21(26)24-22(10-11-22)14-17-3-2-4-19(23)13-17/h2-8,13,16H,9-12,14-15H2,1H3,(H,24,26). The maximum absolute atomic E-state index is 13.4. The molecule has 1 saturated carbocycles. The molecule has 1 amide bonds. The average molecular weight is 352 g/mol. The summed E-state index contributed by atoms with van der Waals surface area (Å²) in [4.78, 5) is 15.0. The van der Waals surface area contributed by atoms with E-state index in [0.29, 0.717) is 12.0 Å². The van der Waals surface area contributed by atoms with Gasteiger partial charge in [0.15, 0.2) is 0 Å². The van der Waals surface area contributed by atoms with E-state index in [0.717, 1.165) is 37.4 Å². The minimum Gasteiger partial charge on any atom is -0.371 e. The molecule has 0 radical (unpaired) electrons. The Bertz CT molecular complexity index is 798. The molecule has 1 saturated heterocycles. The molecule has 1 aliphatic heterocycles. The second-order valence-corrected chi connectivity index (χ2v) is 7.93. The third-order valence-corrected chi connectivity index (χ3v) is 5.58. The van der Waals surface area contributed by atoms with Crippen molar-refractivity contribution in [3.8, 4) is 0 Å². The van der Waals surface area contributed by atoms with Gasteiger partial charge in [0, 0.05) is 29.9 Å². The van der Waals surface area contributed by atoms with Crippen LogP contribution in [0.15, 0.2) is 48.5 Å². The number of anilines is 1. The van der Waals surface area contributed by atoms with Crippen LogP contribution in [0.2, 0.25) is 0 Å². The molecule has 1 heterocycles. The predicted molar refractivity (Wildman–Crippen MR) is 102 cm³/mol. The summed E-state index contributed by atoms with van der Waals surface area (Å²) < 4.78 is 13.4. The van der Waals surface area contributed by atoms with Crippen LogP contribution in [-0.4, -0.2) is 24.5 Å². The summed E-state index contributed by atoms with van der Waals surface area (Å²) in [6.07, 6.45) is 3.79. The molecule has 1 unspecified atom stereocenters. The number of nitrogens with one attached hydrogen (secondary N) is 1. The monoisotopic (exact) mass is 352 g/mol. The number of halogens is 1. The highest BCUT2D eigenvalue weighted by Gasteiger charge is 2.44. The lowest BCUT2D eigenvalue weighted by Gasteiger charge is -2.20. The van der Waals surface area contributed by atoms with Gasteiger partial charge in [0.2, 0.25) is 0 Å². The van der Waals surface area contributed by atoms with Crippen LogP contribution < -0.4 is 10.2 Å². The third-order valence-electron chi connectivity index (χ3n) is 5.58. The fourth-order valence-corrected chi connectivity index (χ4v) is 3.84. The third kappa shape index (κ3) is 3.74.